The van der Waals surface area contributed by atoms with Crippen molar-refractivity contribution in [1.82, 2.24) is 0 Å². The third-order valence-electron chi connectivity index (χ3n) is 16.5. The fourth-order valence-electron chi connectivity index (χ4n) is 13.1. The zero-order chi connectivity index (χ0) is 46.7. The van der Waals surface area contributed by atoms with Crippen LogP contribution in [0.1, 0.15) is 111 Å². The van der Waals surface area contributed by atoms with Crippen molar-refractivity contribution < 1.29 is 66.8 Å². The van der Waals surface area contributed by atoms with Crippen molar-refractivity contribution in [3.05, 3.63) is 96.1 Å². The predicted octanol–water partition coefficient (Wildman–Crippen LogP) is 6.99. The number of ether oxygens (including phenoxy) is 11. The highest BCUT2D eigenvalue weighted by atomic mass is 16.8. The second-order valence-electron chi connectivity index (χ2n) is 21.1. The van der Waals surface area contributed by atoms with Gasteiger partial charge in [-0.3, -0.25) is 0 Å². The molecule has 10 aliphatic heterocycles. The van der Waals surface area contributed by atoms with E-state index in [1.165, 1.54) is 0 Å². The largest absolute Gasteiger partial charge is 0.458 e. The van der Waals surface area contributed by atoms with Crippen LogP contribution in [0.15, 0.2) is 85.0 Å². The van der Waals surface area contributed by atoms with Gasteiger partial charge < -0.3 is 57.2 Å². The highest BCUT2D eigenvalue weighted by Gasteiger charge is 2.69. The Morgan fingerprint density at radius 3 is 2.18 bits per heavy atom. The van der Waals surface area contributed by atoms with Gasteiger partial charge in [0.1, 0.15) is 43.2 Å². The molecule has 12 bridgehead atoms. The average molecular weight is 941 g/mol. The summed E-state index contributed by atoms with van der Waals surface area (Å²) in [6.45, 7) is 11.0. The number of esters is 2. The fraction of sp³-hybridized carbons (Fsp3) is 0.667. The normalized spacial score (nSPS) is 43.6. The summed E-state index contributed by atoms with van der Waals surface area (Å²) in [6.07, 6.45) is 2.79. The molecule has 0 aliphatic carbocycles. The van der Waals surface area contributed by atoms with Crippen molar-refractivity contribution in [2.75, 3.05) is 13.7 Å². The van der Waals surface area contributed by atoms with Crippen LogP contribution in [0.4, 0.5) is 0 Å². The molecule has 2 aromatic rings. The van der Waals surface area contributed by atoms with Gasteiger partial charge in [0.2, 0.25) is 0 Å². The maximum atomic E-state index is 13.6. The van der Waals surface area contributed by atoms with E-state index in [1.54, 1.807) is 55.6 Å². The number of carbonyl (C=O) groups is 2. The molecule has 12 rings (SSSR count). The van der Waals surface area contributed by atoms with Gasteiger partial charge >= 0.3 is 11.9 Å². The summed E-state index contributed by atoms with van der Waals surface area (Å²) in [5.74, 6) is -1.96. The lowest BCUT2D eigenvalue weighted by Gasteiger charge is -2.47. The van der Waals surface area contributed by atoms with Gasteiger partial charge in [-0.1, -0.05) is 56.5 Å². The van der Waals surface area contributed by atoms with Gasteiger partial charge in [0, 0.05) is 38.7 Å². The van der Waals surface area contributed by atoms with Gasteiger partial charge in [-0.05, 0) is 99.1 Å². The zero-order valence-corrected chi connectivity index (χ0v) is 39.3. The molecule has 14 nitrogen and oxygen atoms in total. The smallest absolute Gasteiger partial charge is 0.338 e. The SMILES string of the molecule is C=C1CC2CC[C@@]34CC5OC6[C@@H](OC7CCC(CC(O)CC8[C@@H](OC)C(CC(COC(=O)c9ccccc9)OC(=O)c9ccccc9)O[C@H]8CC8OC(CCC1O2)CC(C)C8=C)O[C@@H]7[C@@H]6O3)C5O4. The molecule has 1 spiro atoms. The van der Waals surface area contributed by atoms with Crippen LogP contribution < -0.4 is 0 Å². The molecule has 10 heterocycles. The molecular formula is C54H68O14. The van der Waals surface area contributed by atoms with Gasteiger partial charge in [0.05, 0.1) is 78.3 Å². The molecule has 14 heteroatoms. The monoisotopic (exact) mass is 940 g/mol. The van der Waals surface area contributed by atoms with E-state index in [1.807, 2.05) is 12.1 Å². The molecule has 368 valence electrons. The summed E-state index contributed by atoms with van der Waals surface area (Å²) < 4.78 is 73.3. The van der Waals surface area contributed by atoms with Crippen LogP contribution in [0.5, 0.6) is 0 Å². The zero-order valence-electron chi connectivity index (χ0n) is 39.3. The van der Waals surface area contributed by atoms with E-state index in [-0.39, 0.29) is 98.1 Å². The first kappa shape index (κ1) is 46.8. The Hall–Kier alpha value is -3.54. The standard InChI is InChI=1S/C54H68O14/c1-29-21-35-15-17-40-30(2)22-37(60-40)19-20-54-27-45-48(67-54)49-50(66-45)51(68-54)47-41(65-49)18-16-36(62-47)23-34(55)24-39-43(26-42(61-35)31(29)3)64-44(46(39)58-4)25-38(63-53(57)33-13-9-6-10-14-33)28-59-52(56)32-11-7-5-8-12-32/h5-14,29,34-51,55H,2-3,15-28H2,1,4H3/t29?,34?,35?,36?,37?,38?,39?,40?,41?,42?,43-,44?,45?,46+,47-,48?,49-,50?,51-,54-/m0/s1. The third kappa shape index (κ3) is 9.40. The number of aliphatic hydroxyl groups is 1. The van der Waals surface area contributed by atoms with Crippen LogP contribution in [-0.4, -0.2) is 140 Å². The highest BCUT2D eigenvalue weighted by molar-refractivity contribution is 5.90. The predicted molar refractivity (Wildman–Crippen MR) is 245 cm³/mol. The molecule has 10 saturated heterocycles. The number of hydrogen-bond donors (Lipinski definition) is 1. The Labute approximate surface area is 399 Å². The molecule has 2 aromatic carbocycles. The summed E-state index contributed by atoms with van der Waals surface area (Å²) in [6, 6.07) is 17.5. The molecule has 20 atom stereocenters. The minimum Gasteiger partial charge on any atom is -0.458 e. The van der Waals surface area contributed by atoms with Gasteiger partial charge in [-0.2, -0.15) is 0 Å². The van der Waals surface area contributed by atoms with Crippen LogP contribution >= 0.6 is 0 Å². The molecule has 0 saturated carbocycles. The van der Waals surface area contributed by atoms with Gasteiger partial charge in [0.15, 0.2) is 5.79 Å². The lowest BCUT2D eigenvalue weighted by atomic mass is 9.81. The molecule has 0 aromatic heterocycles. The van der Waals surface area contributed by atoms with Crippen LogP contribution in [0.2, 0.25) is 0 Å². The molecule has 14 unspecified atom stereocenters. The first-order valence-corrected chi connectivity index (χ1v) is 25.3. The summed E-state index contributed by atoms with van der Waals surface area (Å²) in [5.41, 5.74) is 2.89. The van der Waals surface area contributed by atoms with E-state index >= 15 is 0 Å². The summed E-state index contributed by atoms with van der Waals surface area (Å²) in [7, 11) is 1.65. The molecule has 10 fully saturated rings. The van der Waals surface area contributed by atoms with Crippen molar-refractivity contribution in [2.45, 2.75) is 200 Å². The summed E-state index contributed by atoms with van der Waals surface area (Å²) in [4.78, 5) is 26.8. The summed E-state index contributed by atoms with van der Waals surface area (Å²) in [5, 5.41) is 12.2. The first-order valence-electron chi connectivity index (χ1n) is 25.3. The van der Waals surface area contributed by atoms with Crippen molar-refractivity contribution in [2.24, 2.45) is 11.8 Å². The number of benzene rings is 2. The third-order valence-corrected chi connectivity index (χ3v) is 16.5. The van der Waals surface area contributed by atoms with E-state index in [2.05, 4.69) is 20.1 Å². The lowest BCUT2D eigenvalue weighted by Crippen LogP contribution is -2.61. The highest BCUT2D eigenvalue weighted by Crippen LogP contribution is 2.54. The van der Waals surface area contributed by atoms with Gasteiger partial charge in [0.25, 0.3) is 0 Å². The Balaban J connectivity index is 0.863. The maximum Gasteiger partial charge on any atom is 0.338 e. The molecule has 68 heavy (non-hydrogen) atoms. The number of fused-ring (bicyclic) bond motifs is 6. The van der Waals surface area contributed by atoms with E-state index in [0.29, 0.717) is 43.2 Å². The van der Waals surface area contributed by atoms with Crippen LogP contribution in [0, 0.1) is 11.8 Å². The van der Waals surface area contributed by atoms with Gasteiger partial charge in [-0.25, -0.2) is 9.59 Å². The second-order valence-corrected chi connectivity index (χ2v) is 21.1. The number of hydrogen-bond acceptors (Lipinski definition) is 14. The molecule has 10 aliphatic rings. The van der Waals surface area contributed by atoms with E-state index in [0.717, 1.165) is 56.1 Å². The number of methoxy groups -OCH3 is 1. The van der Waals surface area contributed by atoms with Crippen molar-refractivity contribution in [3.8, 4) is 0 Å². The molecule has 0 radical (unpaired) electrons. The van der Waals surface area contributed by atoms with Crippen molar-refractivity contribution in [1.29, 1.82) is 0 Å². The number of carbonyl (C=O) groups excluding carboxylic acids is 2. The van der Waals surface area contributed by atoms with E-state index < -0.39 is 48.2 Å². The first-order chi connectivity index (χ1) is 33.0. The van der Waals surface area contributed by atoms with Gasteiger partial charge in [-0.15, -0.1) is 0 Å². The topological polar surface area (TPSA) is 156 Å². The minimum absolute atomic E-state index is 0.0135. The Morgan fingerprint density at radius 1 is 0.706 bits per heavy atom. The maximum absolute atomic E-state index is 13.6. The van der Waals surface area contributed by atoms with E-state index in [4.69, 9.17) is 52.1 Å². The minimum atomic E-state index is -0.877. The summed E-state index contributed by atoms with van der Waals surface area (Å²) >= 11 is 0. The van der Waals surface area contributed by atoms with Crippen molar-refractivity contribution >= 4 is 11.9 Å². The Morgan fingerprint density at radius 2 is 1.40 bits per heavy atom. The Kier molecular flexibility index (Phi) is 13.5. The molecular weight excluding hydrogens is 873 g/mol. The quantitative estimate of drug-likeness (QED) is 0.213. The fourth-order valence-corrected chi connectivity index (χ4v) is 13.1. The lowest BCUT2D eigenvalue weighted by molar-refractivity contribution is -0.294. The van der Waals surface area contributed by atoms with Crippen LogP contribution in [-0.2, 0) is 52.1 Å². The average Bonchev–Trinajstić information content (AvgIpc) is 4.02. The number of aliphatic hydroxyl groups excluding tert-OH is 1. The van der Waals surface area contributed by atoms with Crippen molar-refractivity contribution in [3.63, 3.8) is 0 Å². The molecule has 1 N–H and O–H groups in total. The second kappa shape index (κ2) is 19.6. The molecule has 0 amide bonds. The Bertz CT molecular complexity index is 2140. The van der Waals surface area contributed by atoms with Crippen LogP contribution in [0.3, 0.4) is 0 Å². The van der Waals surface area contributed by atoms with E-state index in [9.17, 15) is 14.7 Å². The number of rotatable bonds is 8. The van der Waals surface area contributed by atoms with Crippen LogP contribution in [0.25, 0.3) is 0 Å².